The van der Waals surface area contributed by atoms with Gasteiger partial charge in [-0.25, -0.2) is 0 Å². The average Bonchev–Trinajstić information content (AvgIpc) is 2.73. The maximum Gasteiger partial charge on any atom is 0.318 e. The second-order valence-corrected chi connectivity index (χ2v) is 7.83. The number of likely N-dealkylation sites (N-methyl/N-ethyl adjacent to an activating group) is 1. The summed E-state index contributed by atoms with van der Waals surface area (Å²) in [6, 6.07) is 12.0. The highest BCUT2D eigenvalue weighted by molar-refractivity contribution is 5.95. The lowest BCUT2D eigenvalue weighted by Gasteiger charge is -2.31. The van der Waals surface area contributed by atoms with Crippen LogP contribution in [0, 0.1) is 0 Å². The molecule has 7 nitrogen and oxygen atoms in total. The summed E-state index contributed by atoms with van der Waals surface area (Å²) >= 11 is 0. The van der Waals surface area contributed by atoms with E-state index in [1.165, 1.54) is 0 Å². The molecule has 0 bridgehead atoms. The molecule has 1 aliphatic rings. The summed E-state index contributed by atoms with van der Waals surface area (Å²) in [6.07, 6.45) is 1.86. The van der Waals surface area contributed by atoms with Crippen molar-refractivity contribution in [3.8, 4) is 11.8 Å². The Bertz CT molecular complexity index is 1040. The van der Waals surface area contributed by atoms with Gasteiger partial charge in [-0.3, -0.25) is 0 Å². The minimum atomic E-state index is 0.261. The Morgan fingerprint density at radius 2 is 2.03 bits per heavy atom. The van der Waals surface area contributed by atoms with Crippen LogP contribution < -0.4 is 15.4 Å². The predicted molar refractivity (Wildman–Crippen MR) is 120 cm³/mol. The monoisotopic (exact) mass is 407 g/mol. The molecule has 0 saturated heterocycles. The number of aromatic hydroxyl groups is 1. The molecule has 30 heavy (non-hydrogen) atoms. The second-order valence-electron chi connectivity index (χ2n) is 7.83. The van der Waals surface area contributed by atoms with Crippen LogP contribution in [0.15, 0.2) is 36.4 Å². The van der Waals surface area contributed by atoms with Crippen molar-refractivity contribution in [1.82, 2.24) is 14.9 Å². The summed E-state index contributed by atoms with van der Waals surface area (Å²) < 4.78 is 5.80. The molecule has 1 aliphatic heterocycles. The van der Waals surface area contributed by atoms with Gasteiger partial charge in [-0.15, -0.1) is 0 Å². The van der Waals surface area contributed by atoms with Crippen LogP contribution in [0.5, 0.6) is 11.8 Å². The highest BCUT2D eigenvalue weighted by Gasteiger charge is 2.23. The molecule has 0 aliphatic carbocycles. The van der Waals surface area contributed by atoms with Crippen LogP contribution >= 0.6 is 0 Å². The molecule has 2 aromatic carbocycles. The fourth-order valence-electron chi connectivity index (χ4n) is 4.03. The quantitative estimate of drug-likeness (QED) is 0.622. The van der Waals surface area contributed by atoms with Crippen LogP contribution in [0.1, 0.15) is 24.6 Å². The predicted octanol–water partition coefficient (Wildman–Crippen LogP) is 3.20. The zero-order valence-corrected chi connectivity index (χ0v) is 17.6. The van der Waals surface area contributed by atoms with Gasteiger partial charge in [0.15, 0.2) is 0 Å². The molecular weight excluding hydrogens is 378 g/mol. The van der Waals surface area contributed by atoms with Crippen molar-refractivity contribution in [1.29, 1.82) is 0 Å². The smallest absolute Gasteiger partial charge is 0.318 e. The number of rotatable bonds is 7. The zero-order valence-electron chi connectivity index (χ0n) is 17.6. The van der Waals surface area contributed by atoms with Gasteiger partial charge < -0.3 is 25.4 Å². The number of ether oxygens (including phenoxy) is 1. The minimum Gasteiger partial charge on any atom is -0.508 e. The van der Waals surface area contributed by atoms with Gasteiger partial charge in [-0.1, -0.05) is 31.2 Å². The van der Waals surface area contributed by atoms with E-state index in [9.17, 15) is 5.11 Å². The maximum absolute atomic E-state index is 10.2. The van der Waals surface area contributed by atoms with Gasteiger partial charge in [0.25, 0.3) is 0 Å². The first-order chi connectivity index (χ1) is 14.5. The van der Waals surface area contributed by atoms with Crippen LogP contribution in [0.25, 0.3) is 10.8 Å². The van der Waals surface area contributed by atoms with Gasteiger partial charge in [0.05, 0.1) is 12.2 Å². The SMILES string of the molecule is CCCN(C)CCOc1nc(N)c2c(n1)CN(c1cc(O)cc3ccccc13)CC2. The van der Waals surface area contributed by atoms with Crippen molar-refractivity contribution in [2.45, 2.75) is 26.3 Å². The Kier molecular flexibility index (Phi) is 5.90. The highest BCUT2D eigenvalue weighted by Crippen LogP contribution is 2.35. The molecule has 0 atom stereocenters. The van der Waals surface area contributed by atoms with E-state index in [4.69, 9.17) is 10.5 Å². The Balaban J connectivity index is 1.55. The third-order valence-electron chi connectivity index (χ3n) is 5.55. The molecule has 0 saturated carbocycles. The zero-order chi connectivity index (χ0) is 21.1. The van der Waals surface area contributed by atoms with Crippen LogP contribution in [-0.2, 0) is 13.0 Å². The molecule has 0 amide bonds. The Morgan fingerprint density at radius 3 is 2.87 bits per heavy atom. The van der Waals surface area contributed by atoms with Crippen molar-refractivity contribution >= 4 is 22.3 Å². The van der Waals surface area contributed by atoms with Crippen molar-refractivity contribution in [2.24, 2.45) is 0 Å². The fraction of sp³-hybridized carbons (Fsp3) is 0.391. The second kappa shape index (κ2) is 8.75. The molecule has 0 radical (unpaired) electrons. The third kappa shape index (κ3) is 4.26. The van der Waals surface area contributed by atoms with Gasteiger partial charge in [0.1, 0.15) is 18.2 Å². The Hall–Kier alpha value is -3.06. The first-order valence-electron chi connectivity index (χ1n) is 10.5. The number of phenolic OH excluding ortho intramolecular Hbond substituents is 1. The number of nitrogens with two attached hydrogens (primary N) is 1. The Labute approximate surface area is 177 Å². The summed E-state index contributed by atoms with van der Waals surface area (Å²) in [6.45, 7) is 5.92. The largest absolute Gasteiger partial charge is 0.508 e. The van der Waals surface area contributed by atoms with E-state index in [0.717, 1.165) is 60.2 Å². The molecule has 0 fully saturated rings. The van der Waals surface area contributed by atoms with Crippen LogP contribution in [0.4, 0.5) is 11.5 Å². The van der Waals surface area contributed by atoms with Gasteiger partial charge in [0.2, 0.25) is 0 Å². The van der Waals surface area contributed by atoms with Crippen molar-refractivity contribution in [3.63, 3.8) is 0 Å². The molecule has 0 spiro atoms. The molecule has 1 aromatic heterocycles. The van der Waals surface area contributed by atoms with E-state index in [1.807, 2.05) is 24.3 Å². The summed E-state index contributed by atoms with van der Waals surface area (Å²) in [7, 11) is 2.08. The fourth-order valence-corrected chi connectivity index (χ4v) is 4.03. The number of phenols is 1. The van der Waals surface area contributed by atoms with Gasteiger partial charge in [-0.05, 0) is 37.9 Å². The first-order valence-corrected chi connectivity index (χ1v) is 10.5. The van der Waals surface area contributed by atoms with E-state index in [-0.39, 0.29) is 5.75 Å². The normalized spacial score (nSPS) is 13.6. The maximum atomic E-state index is 10.2. The van der Waals surface area contributed by atoms with E-state index < -0.39 is 0 Å². The van der Waals surface area contributed by atoms with Crippen LogP contribution in [0.3, 0.4) is 0 Å². The lowest BCUT2D eigenvalue weighted by Crippen LogP contribution is -2.32. The van der Waals surface area contributed by atoms with Crippen LogP contribution in [-0.4, -0.2) is 53.3 Å². The lowest BCUT2D eigenvalue weighted by atomic mass is 10.0. The number of aromatic nitrogens is 2. The van der Waals surface area contributed by atoms with Crippen LogP contribution in [0.2, 0.25) is 0 Å². The molecule has 3 N–H and O–H groups in total. The molecule has 2 heterocycles. The van der Waals surface area contributed by atoms with E-state index in [2.05, 4.69) is 39.8 Å². The summed E-state index contributed by atoms with van der Waals surface area (Å²) in [4.78, 5) is 13.5. The average molecular weight is 408 g/mol. The van der Waals surface area contributed by atoms with Gasteiger partial charge in [-0.2, -0.15) is 9.97 Å². The summed E-state index contributed by atoms with van der Waals surface area (Å²) in [5, 5.41) is 12.3. The standard InChI is InChI=1S/C23H29N5O2/c1-3-9-27(2)11-12-30-23-25-20-15-28(10-8-19(20)22(24)26-23)21-14-17(29)13-16-6-4-5-7-18(16)21/h4-7,13-14,29H,3,8-12,15H2,1-2H3,(H2,24,25,26). The van der Waals surface area contributed by atoms with E-state index in [1.54, 1.807) is 6.07 Å². The van der Waals surface area contributed by atoms with Gasteiger partial charge in [0, 0.05) is 35.8 Å². The van der Waals surface area contributed by atoms with E-state index in [0.29, 0.717) is 25.0 Å². The number of hydrogen-bond donors (Lipinski definition) is 2. The number of hydrogen-bond acceptors (Lipinski definition) is 7. The van der Waals surface area contributed by atoms with Crippen molar-refractivity contribution in [3.05, 3.63) is 47.7 Å². The molecule has 158 valence electrons. The summed E-state index contributed by atoms with van der Waals surface area (Å²) in [5.74, 6) is 0.759. The van der Waals surface area contributed by atoms with Crippen molar-refractivity contribution in [2.75, 3.05) is 43.9 Å². The minimum absolute atomic E-state index is 0.261. The topological polar surface area (TPSA) is 87.7 Å². The summed E-state index contributed by atoms with van der Waals surface area (Å²) in [5.41, 5.74) is 9.10. The van der Waals surface area contributed by atoms with E-state index >= 15 is 0 Å². The first kappa shape index (κ1) is 20.2. The number of fused-ring (bicyclic) bond motifs is 2. The number of nitrogens with zero attached hydrogens (tertiary/aromatic N) is 4. The number of anilines is 2. The molecular formula is C23H29N5O2. The van der Waals surface area contributed by atoms with Crippen molar-refractivity contribution < 1.29 is 9.84 Å². The lowest BCUT2D eigenvalue weighted by molar-refractivity contribution is 0.225. The molecule has 3 aromatic rings. The Morgan fingerprint density at radius 1 is 1.20 bits per heavy atom. The highest BCUT2D eigenvalue weighted by atomic mass is 16.5. The number of benzene rings is 2. The third-order valence-corrected chi connectivity index (χ3v) is 5.55. The number of nitrogen functional groups attached to an aromatic ring is 1. The molecule has 7 heteroatoms. The molecule has 0 unspecified atom stereocenters. The van der Waals surface area contributed by atoms with Gasteiger partial charge >= 0.3 is 6.01 Å². The molecule has 4 rings (SSSR count).